The minimum absolute atomic E-state index is 0.456. The molecule has 0 atom stereocenters. The van der Waals surface area contributed by atoms with Crippen LogP contribution in [0.5, 0.6) is 0 Å². The Morgan fingerprint density at radius 2 is 1.86 bits per heavy atom. The minimum Gasteiger partial charge on any atom is -0.340 e. The molecule has 0 radical (unpaired) electrons. The first-order chi connectivity index (χ1) is 13.7. The molecule has 0 aliphatic carbocycles. The predicted molar refractivity (Wildman–Crippen MR) is 114 cm³/mol. The second-order valence-corrected chi connectivity index (χ2v) is 7.01. The Hall–Kier alpha value is -3.25. The van der Waals surface area contributed by atoms with Crippen molar-refractivity contribution in [3.63, 3.8) is 0 Å². The van der Waals surface area contributed by atoms with Gasteiger partial charge in [-0.05, 0) is 30.3 Å². The molecule has 28 heavy (non-hydrogen) atoms. The van der Waals surface area contributed by atoms with E-state index >= 15 is 0 Å². The number of benzene rings is 2. The van der Waals surface area contributed by atoms with E-state index in [2.05, 4.69) is 75.6 Å². The molecule has 0 fully saturated rings. The third-order valence-electron chi connectivity index (χ3n) is 4.59. The van der Waals surface area contributed by atoms with E-state index in [-0.39, 0.29) is 0 Å². The van der Waals surface area contributed by atoms with E-state index in [0.29, 0.717) is 6.04 Å². The van der Waals surface area contributed by atoms with Gasteiger partial charge in [0, 0.05) is 42.3 Å². The lowest BCUT2D eigenvalue weighted by Gasteiger charge is -2.26. The Morgan fingerprint density at radius 3 is 2.61 bits per heavy atom. The first-order valence-corrected chi connectivity index (χ1v) is 9.52. The summed E-state index contributed by atoms with van der Waals surface area (Å²) in [6.45, 7) is 6.08. The third kappa shape index (κ3) is 4.02. The number of hydrogen-bond donors (Lipinski definition) is 2. The van der Waals surface area contributed by atoms with E-state index in [1.165, 1.54) is 0 Å². The topological polar surface area (TPSA) is 69.7 Å². The normalized spacial score (nSPS) is 11.2. The van der Waals surface area contributed by atoms with Crippen LogP contribution in [0.4, 0.5) is 11.4 Å². The molecule has 0 aliphatic heterocycles. The molecule has 4 rings (SSSR count). The fourth-order valence-corrected chi connectivity index (χ4v) is 3.18. The van der Waals surface area contributed by atoms with Gasteiger partial charge in [0.25, 0.3) is 0 Å². The molecule has 0 saturated heterocycles. The van der Waals surface area contributed by atoms with Gasteiger partial charge in [-0.3, -0.25) is 10.1 Å². The van der Waals surface area contributed by atoms with Crippen molar-refractivity contribution in [3.8, 4) is 11.3 Å². The number of H-pyrrole nitrogens is 1. The van der Waals surface area contributed by atoms with Crippen molar-refractivity contribution in [1.82, 2.24) is 25.5 Å². The molecule has 2 aromatic heterocycles. The van der Waals surface area contributed by atoms with E-state index in [4.69, 9.17) is 4.98 Å². The Bertz CT molecular complexity index is 1030. The summed E-state index contributed by atoms with van der Waals surface area (Å²) < 4.78 is 0. The van der Waals surface area contributed by atoms with Gasteiger partial charge in [0.1, 0.15) is 0 Å². The van der Waals surface area contributed by atoms with Crippen LogP contribution in [0.15, 0.2) is 67.1 Å². The summed E-state index contributed by atoms with van der Waals surface area (Å²) >= 11 is 0. The van der Waals surface area contributed by atoms with Gasteiger partial charge in [0.2, 0.25) is 0 Å². The highest BCUT2D eigenvalue weighted by molar-refractivity contribution is 5.82. The molecule has 142 valence electrons. The maximum Gasteiger partial charge on any atom is 0.0924 e. The van der Waals surface area contributed by atoms with Crippen LogP contribution in [0, 0.1) is 0 Å². The monoisotopic (exact) mass is 372 g/mol. The lowest BCUT2D eigenvalue weighted by Crippen LogP contribution is -2.32. The van der Waals surface area contributed by atoms with Crippen LogP contribution >= 0.6 is 0 Å². The average Bonchev–Trinajstić information content (AvgIpc) is 3.26. The number of aromatic amines is 1. The highest BCUT2D eigenvalue weighted by Gasteiger charge is 2.11. The summed E-state index contributed by atoms with van der Waals surface area (Å²) in [5.74, 6) is 0. The van der Waals surface area contributed by atoms with Crippen molar-refractivity contribution in [2.24, 2.45) is 0 Å². The quantitative estimate of drug-likeness (QED) is 0.510. The number of rotatable bonds is 7. The third-order valence-corrected chi connectivity index (χ3v) is 4.59. The standard InChI is InChI=1S/C22H24N6/c1-16(2)23-10-11-28(18-6-4-3-5-7-18)19-8-9-20-21(12-19)27-22(15-24-20)17-13-25-26-14-17/h3-9,12-16,23H,10-11H2,1-2H3,(H,25,26). The number of nitrogens with one attached hydrogen (secondary N) is 2. The summed E-state index contributed by atoms with van der Waals surface area (Å²) in [7, 11) is 0. The molecular formula is C22H24N6. The maximum absolute atomic E-state index is 4.80. The molecule has 0 aliphatic rings. The van der Waals surface area contributed by atoms with Gasteiger partial charge in [0.05, 0.1) is 29.1 Å². The van der Waals surface area contributed by atoms with Gasteiger partial charge in [-0.2, -0.15) is 5.10 Å². The summed E-state index contributed by atoms with van der Waals surface area (Å²) in [6.07, 6.45) is 5.37. The van der Waals surface area contributed by atoms with Crippen LogP contribution in [0.3, 0.4) is 0 Å². The zero-order valence-corrected chi connectivity index (χ0v) is 16.1. The van der Waals surface area contributed by atoms with Gasteiger partial charge in [-0.1, -0.05) is 32.0 Å². The zero-order chi connectivity index (χ0) is 19.3. The molecule has 2 aromatic carbocycles. The fourth-order valence-electron chi connectivity index (χ4n) is 3.18. The lowest BCUT2D eigenvalue weighted by molar-refractivity contribution is 0.593. The van der Waals surface area contributed by atoms with Crippen molar-refractivity contribution in [3.05, 3.63) is 67.1 Å². The molecule has 0 saturated carbocycles. The molecular weight excluding hydrogens is 348 g/mol. The van der Waals surface area contributed by atoms with E-state index in [1.807, 2.05) is 18.3 Å². The molecule has 6 nitrogen and oxygen atoms in total. The SMILES string of the molecule is CC(C)NCCN(c1ccccc1)c1ccc2ncc(-c3cn[nH]c3)nc2c1. The number of anilines is 2. The Morgan fingerprint density at radius 1 is 1.00 bits per heavy atom. The second-order valence-electron chi connectivity index (χ2n) is 7.01. The van der Waals surface area contributed by atoms with Gasteiger partial charge in [0.15, 0.2) is 0 Å². The number of nitrogens with zero attached hydrogens (tertiary/aromatic N) is 4. The van der Waals surface area contributed by atoms with Crippen LogP contribution in [-0.2, 0) is 0 Å². The fraction of sp³-hybridized carbons (Fsp3) is 0.227. The van der Waals surface area contributed by atoms with E-state index < -0.39 is 0 Å². The van der Waals surface area contributed by atoms with Gasteiger partial charge < -0.3 is 10.2 Å². The van der Waals surface area contributed by atoms with Crippen molar-refractivity contribution in [1.29, 1.82) is 0 Å². The molecule has 0 unspecified atom stereocenters. The molecule has 6 heteroatoms. The van der Waals surface area contributed by atoms with Crippen LogP contribution in [0.2, 0.25) is 0 Å². The highest BCUT2D eigenvalue weighted by atomic mass is 15.2. The molecule has 4 aromatic rings. The Balaban J connectivity index is 1.70. The smallest absolute Gasteiger partial charge is 0.0924 e. The first-order valence-electron chi connectivity index (χ1n) is 9.52. The van der Waals surface area contributed by atoms with Crippen molar-refractivity contribution in [2.75, 3.05) is 18.0 Å². The minimum atomic E-state index is 0.456. The van der Waals surface area contributed by atoms with Gasteiger partial charge in [-0.25, -0.2) is 4.98 Å². The predicted octanol–water partition coefficient (Wildman–Crippen LogP) is 4.16. The number of fused-ring (bicyclic) bond motifs is 1. The van der Waals surface area contributed by atoms with Crippen LogP contribution in [-0.4, -0.2) is 39.3 Å². The van der Waals surface area contributed by atoms with Crippen molar-refractivity contribution < 1.29 is 0 Å². The summed E-state index contributed by atoms with van der Waals surface area (Å²) in [4.78, 5) is 11.7. The van der Waals surface area contributed by atoms with Crippen LogP contribution < -0.4 is 10.2 Å². The molecule has 0 spiro atoms. The summed E-state index contributed by atoms with van der Waals surface area (Å²) in [6, 6.07) is 17.1. The van der Waals surface area contributed by atoms with Crippen LogP contribution in [0.1, 0.15) is 13.8 Å². The molecule has 2 heterocycles. The summed E-state index contributed by atoms with van der Waals surface area (Å²) in [5, 5.41) is 10.3. The molecule has 2 N–H and O–H groups in total. The van der Waals surface area contributed by atoms with Crippen LogP contribution in [0.25, 0.3) is 22.3 Å². The summed E-state index contributed by atoms with van der Waals surface area (Å²) in [5.41, 5.74) is 5.75. The van der Waals surface area contributed by atoms with E-state index in [9.17, 15) is 0 Å². The van der Waals surface area contributed by atoms with Gasteiger partial charge >= 0.3 is 0 Å². The average molecular weight is 372 g/mol. The van der Waals surface area contributed by atoms with E-state index in [1.54, 1.807) is 12.4 Å². The molecule has 0 amide bonds. The first kappa shape index (κ1) is 18.1. The number of para-hydroxylation sites is 1. The zero-order valence-electron chi connectivity index (χ0n) is 16.1. The maximum atomic E-state index is 4.80. The Labute approximate surface area is 164 Å². The highest BCUT2D eigenvalue weighted by Crippen LogP contribution is 2.28. The number of hydrogen-bond acceptors (Lipinski definition) is 5. The lowest BCUT2D eigenvalue weighted by atomic mass is 10.2. The Kier molecular flexibility index (Phi) is 5.30. The molecule has 0 bridgehead atoms. The van der Waals surface area contributed by atoms with Crippen molar-refractivity contribution in [2.45, 2.75) is 19.9 Å². The second kappa shape index (κ2) is 8.19. The van der Waals surface area contributed by atoms with E-state index in [0.717, 1.165) is 46.8 Å². The van der Waals surface area contributed by atoms with Crippen molar-refractivity contribution >= 4 is 22.4 Å². The largest absolute Gasteiger partial charge is 0.340 e. The number of aromatic nitrogens is 4. The van der Waals surface area contributed by atoms with Gasteiger partial charge in [-0.15, -0.1) is 0 Å².